The zero-order chi connectivity index (χ0) is 14.0. The summed E-state index contributed by atoms with van der Waals surface area (Å²) in [5.74, 6) is -0.524. The van der Waals surface area contributed by atoms with Gasteiger partial charge >= 0.3 is 0 Å². The zero-order valence-corrected chi connectivity index (χ0v) is 12.1. The van der Waals surface area contributed by atoms with Crippen molar-refractivity contribution in [3.63, 3.8) is 0 Å². The number of anilines is 3. The van der Waals surface area contributed by atoms with Crippen LogP contribution in [0.1, 0.15) is 10.4 Å². The molecule has 0 aliphatic carbocycles. The topological polar surface area (TPSA) is 81.1 Å². The van der Waals surface area contributed by atoms with Crippen molar-refractivity contribution in [1.82, 2.24) is 0 Å². The minimum absolute atomic E-state index is 0.368. The van der Waals surface area contributed by atoms with Gasteiger partial charge in [0.15, 0.2) is 0 Å². The number of carbonyl (C=O) groups excluding carboxylic acids is 1. The summed E-state index contributed by atoms with van der Waals surface area (Å²) in [7, 11) is 0. The van der Waals surface area contributed by atoms with Gasteiger partial charge in [0.2, 0.25) is 0 Å². The van der Waals surface area contributed by atoms with Crippen LogP contribution in [0, 0.1) is 0 Å². The minimum Gasteiger partial charge on any atom is -0.399 e. The van der Waals surface area contributed by atoms with E-state index >= 15 is 0 Å². The fourth-order valence-corrected chi connectivity index (χ4v) is 2.14. The van der Waals surface area contributed by atoms with Crippen molar-refractivity contribution in [1.29, 1.82) is 0 Å². The second kappa shape index (κ2) is 5.50. The average molecular weight is 341 g/mol. The van der Waals surface area contributed by atoms with Crippen molar-refractivity contribution in [2.24, 2.45) is 5.73 Å². The monoisotopic (exact) mass is 339 g/mol. The van der Waals surface area contributed by atoms with Gasteiger partial charge in [0.05, 0.1) is 22.0 Å². The van der Waals surface area contributed by atoms with Crippen LogP contribution in [0.2, 0.25) is 5.02 Å². The lowest BCUT2D eigenvalue weighted by Gasteiger charge is -2.12. The molecule has 2 aromatic carbocycles. The minimum atomic E-state index is -0.524. The van der Waals surface area contributed by atoms with E-state index in [4.69, 9.17) is 23.1 Å². The third-order valence-corrected chi connectivity index (χ3v) is 3.33. The molecule has 0 saturated carbocycles. The normalized spacial score (nSPS) is 10.2. The Kier molecular flexibility index (Phi) is 3.97. The van der Waals surface area contributed by atoms with Gasteiger partial charge < -0.3 is 16.8 Å². The fourth-order valence-electron chi connectivity index (χ4n) is 1.61. The molecule has 0 radical (unpaired) electrons. The molecule has 0 aromatic heterocycles. The molecular weight excluding hydrogens is 330 g/mol. The van der Waals surface area contributed by atoms with Gasteiger partial charge in [0.1, 0.15) is 0 Å². The van der Waals surface area contributed by atoms with E-state index in [0.717, 1.165) is 4.47 Å². The molecule has 5 N–H and O–H groups in total. The maximum Gasteiger partial charge on any atom is 0.250 e. The molecule has 0 aliphatic heterocycles. The number of hydrogen-bond donors (Lipinski definition) is 3. The van der Waals surface area contributed by atoms with Gasteiger partial charge in [0.25, 0.3) is 5.91 Å². The summed E-state index contributed by atoms with van der Waals surface area (Å²) in [6.07, 6.45) is 0. The van der Waals surface area contributed by atoms with Gasteiger partial charge in [-0.1, -0.05) is 27.5 Å². The van der Waals surface area contributed by atoms with Crippen LogP contribution in [0.4, 0.5) is 17.1 Å². The van der Waals surface area contributed by atoms with Crippen LogP contribution in [-0.4, -0.2) is 5.91 Å². The van der Waals surface area contributed by atoms with Gasteiger partial charge in [-0.25, -0.2) is 0 Å². The molecule has 0 bridgehead atoms. The fraction of sp³-hybridized carbons (Fsp3) is 0. The average Bonchev–Trinajstić information content (AvgIpc) is 2.35. The van der Waals surface area contributed by atoms with E-state index in [1.807, 2.05) is 0 Å². The SMILES string of the molecule is NC(=O)c1cc(Br)ccc1Nc1cc(N)ccc1Cl. The number of benzene rings is 2. The molecule has 2 rings (SSSR count). The van der Waals surface area contributed by atoms with Crippen molar-refractivity contribution in [3.8, 4) is 0 Å². The van der Waals surface area contributed by atoms with E-state index in [2.05, 4.69) is 21.2 Å². The van der Waals surface area contributed by atoms with Crippen molar-refractivity contribution >= 4 is 50.5 Å². The number of hydrogen-bond acceptors (Lipinski definition) is 3. The molecular formula is C13H11BrClN3O. The summed E-state index contributed by atoms with van der Waals surface area (Å²) in [5, 5.41) is 3.56. The summed E-state index contributed by atoms with van der Waals surface area (Å²) in [5.41, 5.74) is 13.2. The first-order chi connectivity index (χ1) is 8.97. The highest BCUT2D eigenvalue weighted by Gasteiger charge is 2.10. The molecule has 19 heavy (non-hydrogen) atoms. The molecule has 98 valence electrons. The first-order valence-corrected chi connectivity index (χ1v) is 6.56. The van der Waals surface area contributed by atoms with Crippen molar-refractivity contribution < 1.29 is 4.79 Å². The van der Waals surface area contributed by atoms with Gasteiger partial charge in [-0.3, -0.25) is 4.79 Å². The van der Waals surface area contributed by atoms with E-state index < -0.39 is 5.91 Å². The van der Waals surface area contributed by atoms with E-state index in [0.29, 0.717) is 27.6 Å². The molecule has 0 atom stereocenters. The van der Waals surface area contributed by atoms with Crippen LogP contribution in [-0.2, 0) is 0 Å². The Morgan fingerprint density at radius 1 is 1.16 bits per heavy atom. The van der Waals surface area contributed by atoms with Crippen LogP contribution in [0.3, 0.4) is 0 Å². The van der Waals surface area contributed by atoms with Crippen LogP contribution in [0.15, 0.2) is 40.9 Å². The lowest BCUT2D eigenvalue weighted by molar-refractivity contribution is 0.100. The molecule has 1 amide bonds. The molecule has 0 saturated heterocycles. The number of halogens is 2. The maximum atomic E-state index is 11.4. The largest absolute Gasteiger partial charge is 0.399 e. The van der Waals surface area contributed by atoms with Crippen molar-refractivity contribution in [3.05, 3.63) is 51.5 Å². The smallest absolute Gasteiger partial charge is 0.250 e. The summed E-state index contributed by atoms with van der Waals surface area (Å²) in [4.78, 5) is 11.4. The van der Waals surface area contributed by atoms with Gasteiger partial charge in [-0.05, 0) is 36.4 Å². The number of carbonyl (C=O) groups is 1. The Balaban J connectivity index is 2.43. The van der Waals surface area contributed by atoms with Gasteiger partial charge in [0, 0.05) is 10.2 Å². The number of nitrogens with two attached hydrogens (primary N) is 2. The Hall–Kier alpha value is -1.72. The number of amides is 1. The first-order valence-electron chi connectivity index (χ1n) is 5.39. The van der Waals surface area contributed by atoms with Gasteiger partial charge in [-0.2, -0.15) is 0 Å². The predicted molar refractivity (Wildman–Crippen MR) is 81.8 cm³/mol. The maximum absolute atomic E-state index is 11.4. The summed E-state index contributed by atoms with van der Waals surface area (Å²) >= 11 is 9.36. The standard InChI is InChI=1S/C13H11BrClN3O/c14-7-1-4-11(9(5-7)13(17)19)18-12-6-8(16)2-3-10(12)15/h1-6,18H,16H2,(H2,17,19). The Morgan fingerprint density at radius 2 is 1.89 bits per heavy atom. The van der Waals surface area contributed by atoms with Crippen LogP contribution in [0.5, 0.6) is 0 Å². The Labute approximate surface area is 123 Å². The second-order valence-corrected chi connectivity index (χ2v) is 5.24. The summed E-state index contributed by atoms with van der Waals surface area (Å²) in [6.45, 7) is 0. The van der Waals surface area contributed by atoms with Crippen molar-refractivity contribution in [2.75, 3.05) is 11.1 Å². The highest BCUT2D eigenvalue weighted by molar-refractivity contribution is 9.10. The number of primary amides is 1. The third-order valence-electron chi connectivity index (χ3n) is 2.51. The van der Waals surface area contributed by atoms with Crippen molar-refractivity contribution in [2.45, 2.75) is 0 Å². The zero-order valence-electron chi connectivity index (χ0n) is 9.78. The van der Waals surface area contributed by atoms with Crippen LogP contribution < -0.4 is 16.8 Å². The van der Waals surface area contributed by atoms with E-state index in [9.17, 15) is 4.79 Å². The van der Waals surface area contributed by atoms with Crippen LogP contribution in [0.25, 0.3) is 0 Å². The number of rotatable bonds is 3. The first kappa shape index (κ1) is 13.7. The van der Waals surface area contributed by atoms with E-state index in [1.165, 1.54) is 0 Å². The lowest BCUT2D eigenvalue weighted by atomic mass is 10.1. The van der Waals surface area contributed by atoms with E-state index in [1.54, 1.807) is 36.4 Å². The summed E-state index contributed by atoms with van der Waals surface area (Å²) < 4.78 is 0.769. The highest BCUT2D eigenvalue weighted by atomic mass is 79.9. The second-order valence-electron chi connectivity index (χ2n) is 3.92. The number of nitrogens with one attached hydrogen (secondary N) is 1. The van der Waals surface area contributed by atoms with E-state index in [-0.39, 0.29) is 0 Å². The molecule has 0 aliphatic rings. The number of nitrogen functional groups attached to an aromatic ring is 1. The van der Waals surface area contributed by atoms with Gasteiger partial charge in [-0.15, -0.1) is 0 Å². The molecule has 0 heterocycles. The molecule has 2 aromatic rings. The molecule has 0 fully saturated rings. The highest BCUT2D eigenvalue weighted by Crippen LogP contribution is 2.30. The lowest BCUT2D eigenvalue weighted by Crippen LogP contribution is -2.13. The quantitative estimate of drug-likeness (QED) is 0.748. The van der Waals surface area contributed by atoms with Crippen LogP contribution >= 0.6 is 27.5 Å². The molecule has 0 spiro atoms. The predicted octanol–water partition coefficient (Wildman–Crippen LogP) is 3.53. The Morgan fingerprint density at radius 3 is 2.58 bits per heavy atom. The Bertz CT molecular complexity index is 646. The molecule has 0 unspecified atom stereocenters. The third kappa shape index (κ3) is 3.19. The molecule has 4 nitrogen and oxygen atoms in total. The summed E-state index contributed by atoms with van der Waals surface area (Å²) in [6, 6.07) is 10.3. The molecule has 6 heteroatoms.